The number of carbonyl (C=O) groups excluding carboxylic acids is 1. The molecular formula is C16H20N2O2S. The molecule has 0 bridgehead atoms. The summed E-state index contributed by atoms with van der Waals surface area (Å²) < 4.78 is 12.1. The minimum Gasteiger partial charge on any atom is -0.326 e. The summed E-state index contributed by atoms with van der Waals surface area (Å²) in [5.41, 5.74) is 1.13. The predicted octanol–water partition coefficient (Wildman–Crippen LogP) is 2.97. The van der Waals surface area contributed by atoms with Crippen molar-refractivity contribution >= 4 is 22.4 Å². The number of anilines is 1. The largest absolute Gasteiger partial charge is 0.326 e. The van der Waals surface area contributed by atoms with Crippen LogP contribution in [0.25, 0.3) is 0 Å². The molecule has 1 unspecified atom stereocenters. The fourth-order valence-electron chi connectivity index (χ4n) is 2.58. The summed E-state index contributed by atoms with van der Waals surface area (Å²) in [7, 11) is -0.904. The van der Waals surface area contributed by atoms with Crippen LogP contribution in [0.3, 0.4) is 0 Å². The van der Waals surface area contributed by atoms with Crippen molar-refractivity contribution in [1.82, 2.24) is 0 Å². The quantitative estimate of drug-likeness (QED) is 0.909. The molecule has 0 spiro atoms. The van der Waals surface area contributed by atoms with Crippen molar-refractivity contribution in [2.75, 3.05) is 11.1 Å². The van der Waals surface area contributed by atoms with E-state index in [0.717, 1.165) is 25.7 Å². The van der Waals surface area contributed by atoms with E-state index in [-0.39, 0.29) is 17.6 Å². The first-order chi connectivity index (χ1) is 10.2. The Hall–Kier alpha value is -1.67. The molecule has 2 rings (SSSR count). The van der Waals surface area contributed by atoms with Gasteiger partial charge >= 0.3 is 0 Å². The van der Waals surface area contributed by atoms with E-state index < -0.39 is 10.8 Å². The lowest BCUT2D eigenvalue weighted by Gasteiger charge is -2.20. The minimum absolute atomic E-state index is 0.144. The molecule has 5 heteroatoms. The topological polar surface area (TPSA) is 70.0 Å². The maximum atomic E-state index is 12.1. The molecule has 1 aliphatic rings. The molecule has 1 N–H and O–H groups in total. The fourth-order valence-corrected chi connectivity index (χ4v) is 4.16. The van der Waals surface area contributed by atoms with Gasteiger partial charge in [-0.3, -0.25) is 9.00 Å². The monoisotopic (exact) mass is 304 g/mol. The van der Waals surface area contributed by atoms with E-state index in [2.05, 4.69) is 5.32 Å². The third-order valence-corrected chi connectivity index (χ3v) is 5.55. The number of amides is 1. The average Bonchev–Trinajstić information content (AvgIpc) is 2.53. The molecule has 112 valence electrons. The van der Waals surface area contributed by atoms with Crippen LogP contribution in [-0.4, -0.2) is 21.1 Å². The van der Waals surface area contributed by atoms with Gasteiger partial charge in [-0.15, -0.1) is 0 Å². The van der Waals surface area contributed by atoms with Crippen LogP contribution >= 0.6 is 0 Å². The Morgan fingerprint density at radius 3 is 2.81 bits per heavy atom. The normalized spacial score (nSPS) is 16.9. The van der Waals surface area contributed by atoms with E-state index >= 15 is 0 Å². The predicted molar refractivity (Wildman–Crippen MR) is 84.3 cm³/mol. The zero-order valence-electron chi connectivity index (χ0n) is 12.0. The molecule has 1 aliphatic carbocycles. The van der Waals surface area contributed by atoms with Gasteiger partial charge in [-0.2, -0.15) is 5.26 Å². The summed E-state index contributed by atoms with van der Waals surface area (Å²) >= 11 is 0. The molecule has 0 saturated heterocycles. The van der Waals surface area contributed by atoms with Crippen molar-refractivity contribution in [3.05, 3.63) is 29.8 Å². The zero-order chi connectivity index (χ0) is 15.1. The first-order valence-electron chi connectivity index (χ1n) is 7.36. The SMILES string of the molecule is N#Cc1cccc(NC(=O)CCS(=O)C2CCCCC2)c1. The minimum atomic E-state index is -0.904. The number of nitrogens with zero attached hydrogens (tertiary/aromatic N) is 1. The van der Waals surface area contributed by atoms with Crippen LogP contribution in [0.15, 0.2) is 24.3 Å². The summed E-state index contributed by atoms with van der Waals surface area (Å²) in [6, 6.07) is 8.83. The van der Waals surface area contributed by atoms with Gasteiger partial charge < -0.3 is 5.32 Å². The second-order valence-electron chi connectivity index (χ2n) is 5.34. The summed E-state index contributed by atoms with van der Waals surface area (Å²) in [6.45, 7) is 0. The van der Waals surface area contributed by atoms with Crippen LogP contribution in [0.5, 0.6) is 0 Å². The van der Waals surface area contributed by atoms with Crippen LogP contribution in [0.2, 0.25) is 0 Å². The van der Waals surface area contributed by atoms with Crippen LogP contribution < -0.4 is 5.32 Å². The van der Waals surface area contributed by atoms with Crippen molar-refractivity contribution in [2.24, 2.45) is 0 Å². The summed E-state index contributed by atoms with van der Waals surface area (Å²) in [4.78, 5) is 11.9. The Kier molecular flexibility index (Phi) is 5.94. The molecule has 1 aromatic carbocycles. The standard InChI is InChI=1S/C16H20N2O2S/c17-12-13-5-4-6-14(11-13)18-16(19)9-10-21(20)15-7-2-1-3-8-15/h4-6,11,15H,1-3,7-10H2,(H,18,19). The number of rotatable bonds is 5. The molecular weight excluding hydrogens is 284 g/mol. The van der Waals surface area contributed by atoms with Crippen molar-refractivity contribution in [2.45, 2.75) is 43.8 Å². The number of nitriles is 1. The Balaban J connectivity index is 1.79. The highest BCUT2D eigenvalue weighted by atomic mass is 32.2. The van der Waals surface area contributed by atoms with Gasteiger partial charge in [0.2, 0.25) is 5.91 Å². The fraction of sp³-hybridized carbons (Fsp3) is 0.500. The van der Waals surface area contributed by atoms with Gasteiger partial charge in [0.05, 0.1) is 11.6 Å². The molecule has 1 amide bonds. The van der Waals surface area contributed by atoms with Gasteiger partial charge in [-0.05, 0) is 31.0 Å². The van der Waals surface area contributed by atoms with Gasteiger partial charge in [-0.1, -0.05) is 25.3 Å². The smallest absolute Gasteiger partial charge is 0.225 e. The van der Waals surface area contributed by atoms with Gasteiger partial charge in [0, 0.05) is 33.9 Å². The summed E-state index contributed by atoms with van der Waals surface area (Å²) in [5.74, 6) is 0.281. The van der Waals surface area contributed by atoms with Gasteiger partial charge in [0.1, 0.15) is 0 Å². The zero-order valence-corrected chi connectivity index (χ0v) is 12.8. The number of carbonyl (C=O) groups is 1. The Morgan fingerprint density at radius 1 is 1.33 bits per heavy atom. The third-order valence-electron chi connectivity index (χ3n) is 3.73. The molecule has 1 fully saturated rings. The molecule has 0 aromatic heterocycles. The first-order valence-corrected chi connectivity index (χ1v) is 8.74. The molecule has 1 aromatic rings. The van der Waals surface area contributed by atoms with E-state index in [4.69, 9.17) is 5.26 Å². The van der Waals surface area contributed by atoms with Gasteiger partial charge in [-0.25, -0.2) is 0 Å². The number of benzene rings is 1. The van der Waals surface area contributed by atoms with E-state index in [1.54, 1.807) is 24.3 Å². The molecule has 0 heterocycles. The van der Waals surface area contributed by atoms with Crippen molar-refractivity contribution in [3.8, 4) is 6.07 Å². The van der Waals surface area contributed by atoms with E-state index in [1.807, 2.05) is 6.07 Å². The van der Waals surface area contributed by atoms with E-state index in [1.165, 1.54) is 6.42 Å². The second-order valence-corrected chi connectivity index (χ2v) is 7.17. The molecule has 0 radical (unpaired) electrons. The second kappa shape index (κ2) is 7.94. The molecule has 21 heavy (non-hydrogen) atoms. The van der Waals surface area contributed by atoms with Crippen LogP contribution in [0.4, 0.5) is 5.69 Å². The lowest BCUT2D eigenvalue weighted by molar-refractivity contribution is -0.115. The van der Waals surface area contributed by atoms with Gasteiger partial charge in [0.15, 0.2) is 0 Å². The van der Waals surface area contributed by atoms with Crippen molar-refractivity contribution in [1.29, 1.82) is 5.26 Å². The van der Waals surface area contributed by atoms with E-state index in [9.17, 15) is 9.00 Å². The molecule has 0 aliphatic heterocycles. The third kappa shape index (κ3) is 4.98. The van der Waals surface area contributed by atoms with E-state index in [0.29, 0.717) is 17.0 Å². The Bertz CT molecular complexity index is 560. The van der Waals surface area contributed by atoms with Crippen LogP contribution in [0.1, 0.15) is 44.1 Å². The Morgan fingerprint density at radius 2 is 2.10 bits per heavy atom. The molecule has 1 saturated carbocycles. The lowest BCUT2D eigenvalue weighted by atomic mass is 10.0. The average molecular weight is 304 g/mol. The maximum absolute atomic E-state index is 12.1. The highest BCUT2D eigenvalue weighted by molar-refractivity contribution is 7.85. The summed E-state index contributed by atoms with van der Waals surface area (Å²) in [6.07, 6.45) is 5.87. The highest BCUT2D eigenvalue weighted by Crippen LogP contribution is 2.22. The number of hydrogen-bond acceptors (Lipinski definition) is 3. The number of hydrogen-bond donors (Lipinski definition) is 1. The molecule has 4 nitrogen and oxygen atoms in total. The van der Waals surface area contributed by atoms with Crippen LogP contribution in [0, 0.1) is 11.3 Å². The number of nitrogens with one attached hydrogen (secondary N) is 1. The highest BCUT2D eigenvalue weighted by Gasteiger charge is 2.20. The van der Waals surface area contributed by atoms with Crippen LogP contribution in [-0.2, 0) is 15.6 Å². The lowest BCUT2D eigenvalue weighted by Crippen LogP contribution is -2.23. The Labute approximate surface area is 128 Å². The van der Waals surface area contributed by atoms with Crippen molar-refractivity contribution in [3.63, 3.8) is 0 Å². The summed E-state index contributed by atoms with van der Waals surface area (Å²) in [5, 5.41) is 11.8. The molecule has 1 atom stereocenters. The maximum Gasteiger partial charge on any atom is 0.225 e. The first kappa shape index (κ1) is 15.7. The van der Waals surface area contributed by atoms with Crippen molar-refractivity contribution < 1.29 is 9.00 Å². The van der Waals surface area contributed by atoms with Gasteiger partial charge in [0.25, 0.3) is 0 Å².